The molecule has 3 aromatic rings. The van der Waals surface area contributed by atoms with E-state index in [0.29, 0.717) is 40.8 Å². The van der Waals surface area contributed by atoms with Crippen molar-refractivity contribution in [3.8, 4) is 11.5 Å². The van der Waals surface area contributed by atoms with Crippen molar-refractivity contribution in [3.05, 3.63) is 18.5 Å². The van der Waals surface area contributed by atoms with E-state index in [1.54, 1.807) is 0 Å². The van der Waals surface area contributed by atoms with Crippen LogP contribution in [0, 0.1) is 0 Å². The van der Waals surface area contributed by atoms with Crippen LogP contribution in [0.25, 0.3) is 11.2 Å². The molecule has 154 valence electrons. The number of fused-ring (bicyclic) bond motifs is 2. The molecular formula is C17H19N6O4S2-. The summed E-state index contributed by atoms with van der Waals surface area (Å²) >= 11 is -0.679. The van der Waals surface area contributed by atoms with Gasteiger partial charge in [-0.15, -0.1) is 0 Å². The molecule has 29 heavy (non-hydrogen) atoms. The molecule has 0 amide bonds. The van der Waals surface area contributed by atoms with Crippen molar-refractivity contribution in [2.75, 3.05) is 37.3 Å². The van der Waals surface area contributed by atoms with Gasteiger partial charge < -0.3 is 29.2 Å². The molecule has 1 aliphatic rings. The number of aromatic nitrogens is 4. The van der Waals surface area contributed by atoms with Crippen LogP contribution in [-0.4, -0.2) is 54.9 Å². The summed E-state index contributed by atoms with van der Waals surface area (Å²) in [6.07, 6.45) is 1.81. The highest BCUT2D eigenvalue weighted by Gasteiger charge is 2.22. The zero-order valence-corrected chi connectivity index (χ0v) is 17.5. The lowest BCUT2D eigenvalue weighted by atomic mass is 10.2. The van der Waals surface area contributed by atoms with Gasteiger partial charge in [-0.2, -0.15) is 0 Å². The van der Waals surface area contributed by atoms with Crippen molar-refractivity contribution in [2.45, 2.75) is 23.0 Å². The summed E-state index contributed by atoms with van der Waals surface area (Å²) in [4.78, 5) is 15.8. The van der Waals surface area contributed by atoms with Gasteiger partial charge in [0.2, 0.25) is 6.79 Å². The Morgan fingerprint density at radius 3 is 2.79 bits per heavy atom. The van der Waals surface area contributed by atoms with Crippen LogP contribution < -0.4 is 20.1 Å². The summed E-state index contributed by atoms with van der Waals surface area (Å²) in [5.41, 5.74) is 7.99. The van der Waals surface area contributed by atoms with Crippen molar-refractivity contribution in [1.29, 1.82) is 0 Å². The summed E-state index contributed by atoms with van der Waals surface area (Å²) in [6, 6.07) is 3.83. The summed E-state index contributed by atoms with van der Waals surface area (Å²) in [5, 5.41) is 0.644. The third kappa shape index (κ3) is 3.95. The van der Waals surface area contributed by atoms with Gasteiger partial charge in [-0.05, 0) is 18.2 Å². The number of nitrogen functional groups attached to an aromatic ring is 1. The van der Waals surface area contributed by atoms with Gasteiger partial charge in [0, 0.05) is 43.4 Å². The van der Waals surface area contributed by atoms with Crippen LogP contribution in [0.3, 0.4) is 0 Å². The summed E-state index contributed by atoms with van der Waals surface area (Å²) in [5.74, 6) is 1.69. The molecule has 1 aliphatic heterocycles. The fourth-order valence-electron chi connectivity index (χ4n) is 3.00. The molecule has 0 saturated heterocycles. The molecule has 2 N–H and O–H groups in total. The Morgan fingerprint density at radius 2 is 2.07 bits per heavy atom. The average molecular weight is 436 g/mol. The molecule has 12 heteroatoms. The highest BCUT2D eigenvalue weighted by Crippen LogP contribution is 2.44. The van der Waals surface area contributed by atoms with Crippen LogP contribution in [0.4, 0.5) is 11.5 Å². The number of benzene rings is 1. The normalized spacial score (nSPS) is 13.8. The first-order valence-corrected chi connectivity index (χ1v) is 10.8. The number of hydrogen-bond acceptors (Lipinski definition) is 10. The molecule has 1 unspecified atom stereocenters. The maximum absolute atomic E-state index is 10.9. The second kappa shape index (κ2) is 8.05. The molecule has 4 rings (SSSR count). The molecule has 10 nitrogen and oxygen atoms in total. The number of rotatable bonds is 7. The fourth-order valence-corrected chi connectivity index (χ4v) is 4.49. The van der Waals surface area contributed by atoms with E-state index >= 15 is 0 Å². The third-order valence-corrected chi connectivity index (χ3v) is 6.02. The number of anilines is 2. The Morgan fingerprint density at radius 1 is 1.31 bits per heavy atom. The Kier molecular flexibility index (Phi) is 5.48. The second-order valence-electron chi connectivity index (χ2n) is 6.51. The number of aryl methyl sites for hydroxylation is 1. The van der Waals surface area contributed by atoms with Crippen molar-refractivity contribution < 1.29 is 18.2 Å². The third-order valence-electron chi connectivity index (χ3n) is 4.36. The van der Waals surface area contributed by atoms with E-state index in [0.717, 1.165) is 10.6 Å². The van der Waals surface area contributed by atoms with Gasteiger partial charge in [-0.1, -0.05) is 11.1 Å². The molecule has 1 atom stereocenters. The molecule has 0 radical (unpaired) electrons. The Balaban J connectivity index is 1.76. The van der Waals surface area contributed by atoms with Gasteiger partial charge in [0.15, 0.2) is 33.6 Å². The van der Waals surface area contributed by atoms with E-state index in [4.69, 9.17) is 15.2 Å². The van der Waals surface area contributed by atoms with E-state index in [1.807, 2.05) is 35.7 Å². The number of imidazole rings is 1. The highest BCUT2D eigenvalue weighted by molar-refractivity contribution is 7.99. The lowest BCUT2D eigenvalue weighted by Crippen LogP contribution is -2.10. The van der Waals surface area contributed by atoms with Crippen LogP contribution in [0.2, 0.25) is 0 Å². The van der Waals surface area contributed by atoms with E-state index in [1.165, 1.54) is 18.1 Å². The summed E-state index contributed by atoms with van der Waals surface area (Å²) < 4.78 is 34.8. The van der Waals surface area contributed by atoms with E-state index < -0.39 is 11.1 Å². The Labute approximate surface area is 173 Å². The lowest BCUT2D eigenvalue weighted by molar-refractivity contribution is 0.174. The standard InChI is InChI=1S/C17H20N6O4S2/c1-22(2)10-6-11-12(27-9-26-11)7-13(10)28-17-21-14-15(18)19-8-20-16(14)23(17)4-3-5-29(24)25/h6-8H,3-5,9H2,1-2H3,(H,24,25)(H2,18,19,20)/p-1. The monoisotopic (exact) mass is 435 g/mol. The minimum Gasteiger partial charge on any atom is -0.772 e. The summed E-state index contributed by atoms with van der Waals surface area (Å²) in [6.45, 7) is 0.623. The van der Waals surface area contributed by atoms with Crippen LogP contribution in [-0.2, 0) is 17.6 Å². The van der Waals surface area contributed by atoms with Crippen LogP contribution in [0.15, 0.2) is 28.5 Å². The fraction of sp³-hybridized carbons (Fsp3) is 0.353. The maximum atomic E-state index is 10.9. The van der Waals surface area contributed by atoms with Gasteiger partial charge in [-0.25, -0.2) is 15.0 Å². The first-order chi connectivity index (χ1) is 13.9. The molecule has 0 aliphatic carbocycles. The predicted octanol–water partition coefficient (Wildman–Crippen LogP) is 1.62. The zero-order chi connectivity index (χ0) is 20.5. The van der Waals surface area contributed by atoms with Crippen molar-refractivity contribution >= 4 is 45.5 Å². The maximum Gasteiger partial charge on any atom is 0.231 e. The lowest BCUT2D eigenvalue weighted by Gasteiger charge is -2.18. The smallest absolute Gasteiger partial charge is 0.231 e. The topological polar surface area (TPSA) is 131 Å². The Hall–Kier alpha value is -2.57. The SMILES string of the molecule is CN(C)c1cc2c(cc1Sc1nc3c(N)ncnc3n1CCCS(=O)[O-])OCO2. The first-order valence-electron chi connectivity index (χ1n) is 8.75. The number of nitrogens with zero attached hydrogens (tertiary/aromatic N) is 5. The van der Waals surface area contributed by atoms with Crippen molar-refractivity contribution in [1.82, 2.24) is 19.5 Å². The molecule has 3 heterocycles. The zero-order valence-electron chi connectivity index (χ0n) is 15.8. The predicted molar refractivity (Wildman–Crippen MR) is 109 cm³/mol. The average Bonchev–Trinajstić information content (AvgIpc) is 3.26. The van der Waals surface area contributed by atoms with Crippen molar-refractivity contribution in [2.24, 2.45) is 0 Å². The van der Waals surface area contributed by atoms with E-state index in [2.05, 4.69) is 15.0 Å². The largest absolute Gasteiger partial charge is 0.772 e. The number of ether oxygens (including phenoxy) is 2. The molecule has 1 aromatic carbocycles. The molecule has 0 saturated carbocycles. The van der Waals surface area contributed by atoms with Gasteiger partial charge in [-0.3, -0.25) is 4.21 Å². The molecule has 2 aromatic heterocycles. The molecular weight excluding hydrogens is 416 g/mol. The highest BCUT2D eigenvalue weighted by atomic mass is 32.2. The molecule has 0 bridgehead atoms. The first kappa shape index (κ1) is 19.7. The van der Waals surface area contributed by atoms with Gasteiger partial charge in [0.05, 0.1) is 5.69 Å². The molecule has 0 fully saturated rings. The van der Waals surface area contributed by atoms with Gasteiger partial charge >= 0.3 is 0 Å². The van der Waals surface area contributed by atoms with E-state index in [9.17, 15) is 8.76 Å². The minimum atomic E-state index is -2.10. The van der Waals surface area contributed by atoms with Gasteiger partial charge in [0.25, 0.3) is 0 Å². The second-order valence-corrected chi connectivity index (χ2v) is 8.53. The Bertz CT molecular complexity index is 1090. The number of hydrogen-bond donors (Lipinski definition) is 1. The van der Waals surface area contributed by atoms with Crippen LogP contribution >= 0.6 is 11.8 Å². The molecule has 0 spiro atoms. The number of nitrogens with two attached hydrogens (primary N) is 1. The quantitative estimate of drug-likeness (QED) is 0.546. The van der Waals surface area contributed by atoms with Gasteiger partial charge in [0.1, 0.15) is 6.33 Å². The van der Waals surface area contributed by atoms with E-state index in [-0.39, 0.29) is 18.4 Å². The van der Waals surface area contributed by atoms with Crippen molar-refractivity contribution in [3.63, 3.8) is 0 Å². The van der Waals surface area contributed by atoms with Crippen LogP contribution in [0.5, 0.6) is 11.5 Å². The summed E-state index contributed by atoms with van der Waals surface area (Å²) in [7, 11) is 3.88. The minimum absolute atomic E-state index is 0.0529. The van der Waals surface area contributed by atoms with Crippen LogP contribution in [0.1, 0.15) is 6.42 Å².